The first-order valence-electron chi connectivity index (χ1n) is 17.7. The van der Waals surface area contributed by atoms with Crippen molar-refractivity contribution >= 4 is 43.6 Å². The van der Waals surface area contributed by atoms with Gasteiger partial charge in [-0.1, -0.05) is 67.1 Å². The summed E-state index contributed by atoms with van der Waals surface area (Å²) in [4.78, 5) is 9.58. The van der Waals surface area contributed by atoms with E-state index in [0.29, 0.717) is 13.1 Å². The van der Waals surface area contributed by atoms with E-state index in [1.54, 1.807) is 0 Å². The van der Waals surface area contributed by atoms with Gasteiger partial charge >= 0.3 is 0 Å². The van der Waals surface area contributed by atoms with Gasteiger partial charge in [-0.15, -0.1) is 0 Å². The molecule has 4 aromatic heterocycles. The third kappa shape index (κ3) is 7.11. The summed E-state index contributed by atoms with van der Waals surface area (Å²) in [5.41, 5.74) is 8.63. The van der Waals surface area contributed by atoms with Crippen molar-refractivity contribution in [2.75, 3.05) is 13.1 Å². The SMILES string of the molecule is Fc1ccc(Cn2c3ccccc3c3cc(CNCCCCCNCc4cc5c6ccccc6n(Cc6ccc(F)cc6)c5cn4)ncc32)cc1. The van der Waals surface area contributed by atoms with Crippen LogP contribution in [-0.2, 0) is 26.2 Å². The molecule has 6 nitrogen and oxygen atoms in total. The third-order valence-electron chi connectivity index (χ3n) is 9.76. The Balaban J connectivity index is 0.815. The molecule has 8 aromatic rings. The molecule has 0 saturated heterocycles. The molecule has 4 heterocycles. The van der Waals surface area contributed by atoms with E-state index in [-0.39, 0.29) is 11.6 Å². The fraction of sp³-hybridized carbons (Fsp3) is 0.209. The van der Waals surface area contributed by atoms with Gasteiger partial charge in [0.2, 0.25) is 0 Å². The molecule has 0 unspecified atom stereocenters. The standard InChI is InChI=1S/C43H40F2N6/c44-32-16-12-30(13-17-32)28-50-40-10-4-2-8-36(40)38-22-34(48-26-42(38)50)24-46-20-6-1-7-21-47-25-35-23-39-37-9-3-5-11-41(37)51(43(39)27-49-35)29-31-14-18-33(45)19-15-31/h2-5,8-19,22-23,26-27,46-47H,1,6-7,20-21,24-25,28-29H2. The number of halogens is 2. The summed E-state index contributed by atoms with van der Waals surface area (Å²) in [5, 5.41) is 11.9. The molecule has 0 atom stereocenters. The summed E-state index contributed by atoms with van der Waals surface area (Å²) < 4.78 is 31.5. The van der Waals surface area contributed by atoms with Crippen LogP contribution in [0.1, 0.15) is 41.8 Å². The minimum atomic E-state index is -0.221. The van der Waals surface area contributed by atoms with Gasteiger partial charge in [0, 0.05) is 58.8 Å². The number of unbranched alkanes of at least 4 members (excludes halogenated alkanes) is 2. The van der Waals surface area contributed by atoms with Crippen molar-refractivity contribution < 1.29 is 8.78 Å². The molecule has 0 fully saturated rings. The molecular weight excluding hydrogens is 639 g/mol. The van der Waals surface area contributed by atoms with Gasteiger partial charge in [-0.2, -0.15) is 0 Å². The molecule has 256 valence electrons. The molecule has 0 spiro atoms. The van der Waals surface area contributed by atoms with E-state index in [1.807, 2.05) is 36.7 Å². The molecule has 8 heteroatoms. The minimum Gasteiger partial charge on any atom is -0.335 e. The second kappa shape index (κ2) is 14.8. The molecule has 0 aliphatic carbocycles. The summed E-state index contributed by atoms with van der Waals surface area (Å²) >= 11 is 0. The van der Waals surface area contributed by atoms with Crippen LogP contribution < -0.4 is 10.6 Å². The molecule has 4 aromatic carbocycles. The van der Waals surface area contributed by atoms with Gasteiger partial charge in [-0.05, 0) is 85.6 Å². The Kier molecular flexibility index (Phi) is 9.51. The number of hydrogen-bond donors (Lipinski definition) is 2. The summed E-state index contributed by atoms with van der Waals surface area (Å²) in [5.74, 6) is -0.442. The highest BCUT2D eigenvalue weighted by molar-refractivity contribution is 6.08. The van der Waals surface area contributed by atoms with Crippen molar-refractivity contribution in [3.05, 3.63) is 156 Å². The number of rotatable bonds is 14. The van der Waals surface area contributed by atoms with Crippen LogP contribution in [0, 0.1) is 11.6 Å². The van der Waals surface area contributed by atoms with E-state index in [1.165, 1.54) is 45.8 Å². The highest BCUT2D eigenvalue weighted by atomic mass is 19.1. The summed E-state index contributed by atoms with van der Waals surface area (Å²) in [7, 11) is 0. The maximum Gasteiger partial charge on any atom is 0.123 e. The fourth-order valence-corrected chi connectivity index (χ4v) is 7.17. The number of benzene rings is 4. The van der Waals surface area contributed by atoms with Crippen LogP contribution in [0.25, 0.3) is 43.6 Å². The van der Waals surface area contributed by atoms with Gasteiger partial charge in [-0.3, -0.25) is 9.97 Å². The van der Waals surface area contributed by atoms with E-state index in [9.17, 15) is 8.78 Å². The first kappa shape index (κ1) is 32.7. The number of aromatic nitrogens is 4. The summed E-state index contributed by atoms with van der Waals surface area (Å²) in [6.45, 7) is 4.64. The quantitative estimate of drug-likeness (QED) is 0.113. The number of pyridine rings is 2. The zero-order valence-corrected chi connectivity index (χ0v) is 28.5. The van der Waals surface area contributed by atoms with E-state index >= 15 is 0 Å². The molecule has 0 bridgehead atoms. The zero-order chi connectivity index (χ0) is 34.6. The van der Waals surface area contributed by atoms with Crippen LogP contribution in [0.3, 0.4) is 0 Å². The van der Waals surface area contributed by atoms with Gasteiger partial charge in [0.25, 0.3) is 0 Å². The van der Waals surface area contributed by atoms with Crippen LogP contribution in [0.4, 0.5) is 8.78 Å². The van der Waals surface area contributed by atoms with Crippen molar-refractivity contribution in [1.82, 2.24) is 29.7 Å². The highest BCUT2D eigenvalue weighted by Gasteiger charge is 2.14. The van der Waals surface area contributed by atoms with Gasteiger partial charge in [0.15, 0.2) is 0 Å². The van der Waals surface area contributed by atoms with E-state index in [4.69, 9.17) is 9.97 Å². The van der Waals surface area contributed by atoms with Crippen molar-refractivity contribution in [2.24, 2.45) is 0 Å². The highest BCUT2D eigenvalue weighted by Crippen LogP contribution is 2.31. The Hall–Kier alpha value is -5.44. The van der Waals surface area contributed by atoms with E-state index in [0.717, 1.165) is 90.0 Å². The normalized spacial score (nSPS) is 11.8. The third-order valence-corrected chi connectivity index (χ3v) is 9.76. The lowest BCUT2D eigenvalue weighted by molar-refractivity contribution is 0.567. The molecule has 0 saturated carbocycles. The Morgan fingerprint density at radius 3 is 1.35 bits per heavy atom. The zero-order valence-electron chi connectivity index (χ0n) is 28.5. The Bertz CT molecular complexity index is 2260. The number of hydrogen-bond acceptors (Lipinski definition) is 4. The Morgan fingerprint density at radius 2 is 0.902 bits per heavy atom. The smallest absolute Gasteiger partial charge is 0.123 e. The topological polar surface area (TPSA) is 59.7 Å². The Morgan fingerprint density at radius 1 is 0.471 bits per heavy atom. The number of fused-ring (bicyclic) bond motifs is 6. The fourth-order valence-electron chi connectivity index (χ4n) is 7.17. The molecular formula is C43H40F2N6. The van der Waals surface area contributed by atoms with Gasteiger partial charge in [-0.25, -0.2) is 8.78 Å². The second-order valence-electron chi connectivity index (χ2n) is 13.3. The van der Waals surface area contributed by atoms with Gasteiger partial charge < -0.3 is 19.8 Å². The van der Waals surface area contributed by atoms with Crippen molar-refractivity contribution in [2.45, 2.75) is 45.4 Å². The lowest BCUT2D eigenvalue weighted by Crippen LogP contribution is -2.17. The van der Waals surface area contributed by atoms with E-state index < -0.39 is 0 Å². The predicted octanol–water partition coefficient (Wildman–Crippen LogP) is 9.12. The van der Waals surface area contributed by atoms with Crippen molar-refractivity contribution in [3.8, 4) is 0 Å². The first-order valence-corrected chi connectivity index (χ1v) is 17.7. The molecule has 8 rings (SSSR count). The number of nitrogens with one attached hydrogen (secondary N) is 2. The van der Waals surface area contributed by atoms with Gasteiger partial charge in [0.1, 0.15) is 11.6 Å². The molecule has 2 N–H and O–H groups in total. The van der Waals surface area contributed by atoms with Crippen LogP contribution in [0.5, 0.6) is 0 Å². The monoisotopic (exact) mass is 678 g/mol. The van der Waals surface area contributed by atoms with Crippen LogP contribution >= 0.6 is 0 Å². The summed E-state index contributed by atoms with van der Waals surface area (Å²) in [6.07, 6.45) is 7.27. The largest absolute Gasteiger partial charge is 0.335 e. The van der Waals surface area contributed by atoms with Crippen LogP contribution in [0.15, 0.2) is 122 Å². The van der Waals surface area contributed by atoms with Crippen LogP contribution in [0.2, 0.25) is 0 Å². The van der Waals surface area contributed by atoms with Crippen LogP contribution in [-0.4, -0.2) is 32.2 Å². The number of para-hydroxylation sites is 2. The lowest BCUT2D eigenvalue weighted by Gasteiger charge is -2.09. The van der Waals surface area contributed by atoms with E-state index in [2.05, 4.69) is 80.4 Å². The minimum absolute atomic E-state index is 0.221. The summed E-state index contributed by atoms with van der Waals surface area (Å²) in [6, 6.07) is 34.7. The van der Waals surface area contributed by atoms with Crippen molar-refractivity contribution in [1.29, 1.82) is 0 Å². The molecule has 0 aliphatic rings. The maximum absolute atomic E-state index is 13.5. The molecule has 0 radical (unpaired) electrons. The average molecular weight is 679 g/mol. The predicted molar refractivity (Wildman–Crippen MR) is 203 cm³/mol. The average Bonchev–Trinajstić information content (AvgIpc) is 3.64. The second-order valence-corrected chi connectivity index (χ2v) is 13.3. The Labute approximate surface area is 295 Å². The molecule has 0 amide bonds. The molecule has 0 aliphatic heterocycles. The maximum atomic E-state index is 13.5. The lowest BCUT2D eigenvalue weighted by atomic mass is 10.1. The molecule has 51 heavy (non-hydrogen) atoms. The van der Waals surface area contributed by atoms with Crippen molar-refractivity contribution in [3.63, 3.8) is 0 Å². The first-order chi connectivity index (χ1) is 25.1. The number of nitrogens with zero attached hydrogens (tertiary/aromatic N) is 4. The van der Waals surface area contributed by atoms with Gasteiger partial charge in [0.05, 0.1) is 34.8 Å².